The summed E-state index contributed by atoms with van der Waals surface area (Å²) in [5, 5.41) is 3.14. The van der Waals surface area contributed by atoms with E-state index in [1.807, 2.05) is 20.2 Å². The number of pyridine rings is 1. The summed E-state index contributed by atoms with van der Waals surface area (Å²) in [5.74, 6) is 0. The van der Waals surface area contributed by atoms with E-state index < -0.39 is 0 Å². The molecule has 0 aliphatic heterocycles. The third-order valence-corrected chi connectivity index (χ3v) is 2.17. The lowest BCUT2D eigenvalue weighted by Gasteiger charge is -2.15. The Hall–Kier alpha value is -0.930. The number of rotatable bonds is 5. The molecule has 0 atom stereocenters. The number of aromatic nitrogens is 1. The second-order valence-corrected chi connectivity index (χ2v) is 3.65. The van der Waals surface area contributed by atoms with Gasteiger partial charge in [0.2, 0.25) is 0 Å². The van der Waals surface area contributed by atoms with Gasteiger partial charge in [0.25, 0.3) is 0 Å². The second kappa shape index (κ2) is 5.73. The highest BCUT2D eigenvalue weighted by Gasteiger charge is 1.99. The summed E-state index contributed by atoms with van der Waals surface area (Å²) in [7, 11) is 4.10. The standard InChI is InChI=1S/C11H19N3/c1-10-4-5-11(8-13-10)9-14(3)7-6-12-2/h4-5,8,12H,6-7,9H2,1-3H3. The lowest BCUT2D eigenvalue weighted by molar-refractivity contribution is 0.328. The average Bonchev–Trinajstić information content (AvgIpc) is 2.18. The van der Waals surface area contributed by atoms with Gasteiger partial charge in [-0.2, -0.15) is 0 Å². The molecule has 0 radical (unpaired) electrons. The topological polar surface area (TPSA) is 28.2 Å². The molecule has 0 amide bonds. The quantitative estimate of drug-likeness (QED) is 0.757. The zero-order valence-corrected chi connectivity index (χ0v) is 9.25. The van der Waals surface area contributed by atoms with E-state index in [0.717, 1.165) is 25.3 Å². The number of nitrogens with one attached hydrogen (secondary N) is 1. The first-order valence-electron chi connectivity index (χ1n) is 4.97. The monoisotopic (exact) mass is 193 g/mol. The first kappa shape index (κ1) is 11.1. The molecule has 1 rings (SSSR count). The Labute approximate surface area is 86.2 Å². The Bertz CT molecular complexity index is 256. The van der Waals surface area contributed by atoms with Crippen LogP contribution in [0.4, 0.5) is 0 Å². The van der Waals surface area contributed by atoms with Gasteiger partial charge in [0.05, 0.1) is 0 Å². The average molecular weight is 193 g/mol. The van der Waals surface area contributed by atoms with Crippen LogP contribution in [0.15, 0.2) is 18.3 Å². The Balaban J connectivity index is 2.39. The van der Waals surface area contributed by atoms with Crippen LogP contribution in [0.2, 0.25) is 0 Å². The van der Waals surface area contributed by atoms with Crippen molar-refractivity contribution < 1.29 is 0 Å². The lowest BCUT2D eigenvalue weighted by atomic mass is 10.2. The zero-order chi connectivity index (χ0) is 10.4. The van der Waals surface area contributed by atoms with E-state index in [1.54, 1.807) is 0 Å². The van der Waals surface area contributed by atoms with E-state index in [0.29, 0.717) is 0 Å². The number of aryl methyl sites for hydroxylation is 1. The zero-order valence-electron chi connectivity index (χ0n) is 9.25. The molecule has 0 aliphatic rings. The SMILES string of the molecule is CNCCN(C)Cc1ccc(C)nc1. The fourth-order valence-corrected chi connectivity index (χ4v) is 1.29. The van der Waals surface area contributed by atoms with E-state index in [1.165, 1.54) is 5.56 Å². The highest BCUT2D eigenvalue weighted by Crippen LogP contribution is 2.02. The predicted molar refractivity (Wildman–Crippen MR) is 59.2 cm³/mol. The van der Waals surface area contributed by atoms with E-state index in [9.17, 15) is 0 Å². The van der Waals surface area contributed by atoms with Gasteiger partial charge < -0.3 is 10.2 Å². The molecule has 0 bridgehead atoms. The maximum absolute atomic E-state index is 4.27. The molecular weight excluding hydrogens is 174 g/mol. The summed E-state index contributed by atoms with van der Waals surface area (Å²) in [6.45, 7) is 5.06. The molecule has 0 aliphatic carbocycles. The van der Waals surface area contributed by atoms with E-state index in [4.69, 9.17) is 0 Å². The van der Waals surface area contributed by atoms with Crippen molar-refractivity contribution in [1.82, 2.24) is 15.2 Å². The smallest absolute Gasteiger partial charge is 0.0372 e. The molecule has 0 saturated carbocycles. The molecule has 3 heteroatoms. The predicted octanol–water partition coefficient (Wildman–Crippen LogP) is 1.04. The minimum atomic E-state index is 0.967. The van der Waals surface area contributed by atoms with Gasteiger partial charge >= 0.3 is 0 Å². The summed E-state index contributed by atoms with van der Waals surface area (Å²) in [5.41, 5.74) is 2.35. The number of likely N-dealkylation sites (N-methyl/N-ethyl adjacent to an activating group) is 2. The van der Waals surface area contributed by atoms with Crippen molar-refractivity contribution in [2.24, 2.45) is 0 Å². The molecule has 0 spiro atoms. The fraction of sp³-hybridized carbons (Fsp3) is 0.545. The van der Waals surface area contributed by atoms with E-state index in [2.05, 4.69) is 34.4 Å². The van der Waals surface area contributed by atoms with Gasteiger partial charge in [0.15, 0.2) is 0 Å². The minimum absolute atomic E-state index is 0.967. The van der Waals surface area contributed by atoms with Crippen molar-refractivity contribution >= 4 is 0 Å². The van der Waals surface area contributed by atoms with Crippen LogP contribution in [-0.4, -0.2) is 37.1 Å². The van der Waals surface area contributed by atoms with Crippen molar-refractivity contribution in [2.45, 2.75) is 13.5 Å². The molecular formula is C11H19N3. The maximum Gasteiger partial charge on any atom is 0.0372 e. The van der Waals surface area contributed by atoms with Gasteiger partial charge in [0, 0.05) is 31.5 Å². The van der Waals surface area contributed by atoms with Crippen LogP contribution in [0.3, 0.4) is 0 Å². The molecule has 14 heavy (non-hydrogen) atoms. The number of hydrogen-bond donors (Lipinski definition) is 1. The van der Waals surface area contributed by atoms with Crippen LogP contribution >= 0.6 is 0 Å². The molecule has 1 aromatic heterocycles. The number of nitrogens with zero attached hydrogens (tertiary/aromatic N) is 2. The third-order valence-electron chi connectivity index (χ3n) is 2.17. The Kier molecular flexibility index (Phi) is 4.56. The van der Waals surface area contributed by atoms with Crippen LogP contribution in [0.25, 0.3) is 0 Å². The van der Waals surface area contributed by atoms with Gasteiger partial charge in [-0.15, -0.1) is 0 Å². The van der Waals surface area contributed by atoms with E-state index >= 15 is 0 Å². The van der Waals surface area contributed by atoms with Crippen molar-refractivity contribution in [3.8, 4) is 0 Å². The lowest BCUT2D eigenvalue weighted by Crippen LogP contribution is -2.26. The minimum Gasteiger partial charge on any atom is -0.318 e. The molecule has 0 saturated heterocycles. The number of hydrogen-bond acceptors (Lipinski definition) is 3. The van der Waals surface area contributed by atoms with Crippen molar-refractivity contribution in [1.29, 1.82) is 0 Å². The van der Waals surface area contributed by atoms with Gasteiger partial charge in [0.1, 0.15) is 0 Å². The first-order valence-corrected chi connectivity index (χ1v) is 4.97. The molecule has 1 heterocycles. The molecule has 3 nitrogen and oxygen atoms in total. The first-order chi connectivity index (χ1) is 6.72. The highest BCUT2D eigenvalue weighted by molar-refractivity contribution is 5.12. The van der Waals surface area contributed by atoms with Crippen molar-refractivity contribution in [3.05, 3.63) is 29.6 Å². The Morgan fingerprint density at radius 3 is 2.79 bits per heavy atom. The molecule has 1 aromatic rings. The van der Waals surface area contributed by atoms with Gasteiger partial charge in [-0.25, -0.2) is 0 Å². The molecule has 1 N–H and O–H groups in total. The van der Waals surface area contributed by atoms with Gasteiger partial charge in [-0.05, 0) is 32.6 Å². The van der Waals surface area contributed by atoms with Crippen molar-refractivity contribution in [2.75, 3.05) is 27.2 Å². The van der Waals surface area contributed by atoms with E-state index in [-0.39, 0.29) is 0 Å². The Morgan fingerprint density at radius 1 is 1.43 bits per heavy atom. The van der Waals surface area contributed by atoms with Crippen LogP contribution in [0.1, 0.15) is 11.3 Å². The van der Waals surface area contributed by atoms with Crippen LogP contribution in [0, 0.1) is 6.92 Å². The normalized spacial score (nSPS) is 10.9. The summed E-state index contributed by atoms with van der Waals surface area (Å²) in [4.78, 5) is 6.55. The molecule has 0 unspecified atom stereocenters. The van der Waals surface area contributed by atoms with Crippen LogP contribution in [-0.2, 0) is 6.54 Å². The summed E-state index contributed by atoms with van der Waals surface area (Å²) in [6, 6.07) is 4.19. The molecule has 78 valence electrons. The van der Waals surface area contributed by atoms with Crippen LogP contribution in [0.5, 0.6) is 0 Å². The summed E-state index contributed by atoms with van der Waals surface area (Å²) in [6.07, 6.45) is 1.95. The van der Waals surface area contributed by atoms with Gasteiger partial charge in [-0.3, -0.25) is 4.98 Å². The third kappa shape index (κ3) is 3.85. The maximum atomic E-state index is 4.27. The molecule has 0 aromatic carbocycles. The van der Waals surface area contributed by atoms with Crippen molar-refractivity contribution in [3.63, 3.8) is 0 Å². The fourth-order valence-electron chi connectivity index (χ4n) is 1.29. The van der Waals surface area contributed by atoms with Crippen LogP contribution < -0.4 is 5.32 Å². The summed E-state index contributed by atoms with van der Waals surface area (Å²) < 4.78 is 0. The largest absolute Gasteiger partial charge is 0.318 e. The second-order valence-electron chi connectivity index (χ2n) is 3.65. The Morgan fingerprint density at radius 2 is 2.21 bits per heavy atom. The van der Waals surface area contributed by atoms with Gasteiger partial charge in [-0.1, -0.05) is 6.07 Å². The summed E-state index contributed by atoms with van der Waals surface area (Å²) >= 11 is 0. The molecule has 0 fully saturated rings. The highest BCUT2D eigenvalue weighted by atomic mass is 15.1.